The zero-order valence-corrected chi connectivity index (χ0v) is 7.95. The second kappa shape index (κ2) is 3.75. The van der Waals surface area contributed by atoms with Crippen molar-refractivity contribution in [2.75, 3.05) is 13.1 Å². The molecule has 0 bridgehead atoms. The van der Waals surface area contributed by atoms with Gasteiger partial charge in [-0.2, -0.15) is 0 Å². The predicted molar refractivity (Wildman–Crippen MR) is 48.6 cm³/mol. The van der Waals surface area contributed by atoms with Crippen LogP contribution in [0.2, 0.25) is 0 Å². The molecule has 0 aliphatic carbocycles. The van der Waals surface area contributed by atoms with E-state index in [1.165, 1.54) is 0 Å². The molecule has 5 atom stereocenters. The maximum Gasteiger partial charge on any atom is 0.110 e. The van der Waals surface area contributed by atoms with Crippen molar-refractivity contribution in [2.24, 2.45) is 0 Å². The zero-order chi connectivity index (χ0) is 10.3. The van der Waals surface area contributed by atoms with E-state index in [-0.39, 0.29) is 6.04 Å². The third-order valence-corrected chi connectivity index (χ3v) is 3.32. The largest absolute Gasteiger partial charge is 0.389 e. The molecule has 2 aliphatic rings. The third-order valence-electron chi connectivity index (χ3n) is 3.32. The van der Waals surface area contributed by atoms with E-state index in [1.807, 2.05) is 4.90 Å². The summed E-state index contributed by atoms with van der Waals surface area (Å²) >= 11 is 0. The summed E-state index contributed by atoms with van der Waals surface area (Å²) in [5.41, 5.74) is 0. The summed E-state index contributed by atoms with van der Waals surface area (Å²) < 4.78 is 0. The molecule has 0 aromatic rings. The summed E-state index contributed by atoms with van der Waals surface area (Å²) in [6.07, 6.45) is -2.62. The molecule has 0 spiro atoms. The minimum atomic E-state index is -1.24. The molecule has 5 nitrogen and oxygen atoms in total. The maximum absolute atomic E-state index is 9.75. The predicted octanol–water partition coefficient (Wildman–Crippen LogP) is -2.09. The number of nitrogens with zero attached hydrogens (tertiary/aromatic N) is 1. The molecule has 82 valence electrons. The highest BCUT2D eigenvalue weighted by atomic mass is 16.4. The Kier molecular flexibility index (Phi) is 2.77. The lowest BCUT2D eigenvalue weighted by Gasteiger charge is -2.27. The molecule has 5 heteroatoms. The van der Waals surface area contributed by atoms with Crippen LogP contribution in [0, 0.1) is 0 Å². The van der Waals surface area contributed by atoms with E-state index in [1.54, 1.807) is 0 Å². The molecule has 14 heavy (non-hydrogen) atoms. The van der Waals surface area contributed by atoms with Gasteiger partial charge in [0.15, 0.2) is 0 Å². The fourth-order valence-corrected chi connectivity index (χ4v) is 2.47. The Balaban J connectivity index is 2.17. The minimum absolute atomic E-state index is 0.114. The van der Waals surface area contributed by atoms with Gasteiger partial charge in [0.05, 0.1) is 12.2 Å². The lowest BCUT2D eigenvalue weighted by Crippen LogP contribution is -2.46. The van der Waals surface area contributed by atoms with E-state index in [0.717, 1.165) is 19.4 Å². The van der Waals surface area contributed by atoms with Crippen molar-refractivity contribution in [3.05, 3.63) is 0 Å². The number of hydrogen-bond acceptors (Lipinski definition) is 5. The SMILES string of the molecule is O[C@@H]1[C@@H](O)[C@@H]2CCCN2C[C@H](O)[C@H]1O. The topological polar surface area (TPSA) is 84.2 Å². The van der Waals surface area contributed by atoms with Gasteiger partial charge >= 0.3 is 0 Å². The molecule has 2 aliphatic heterocycles. The van der Waals surface area contributed by atoms with Gasteiger partial charge < -0.3 is 20.4 Å². The lowest BCUT2D eigenvalue weighted by molar-refractivity contribution is -0.0959. The minimum Gasteiger partial charge on any atom is -0.389 e. The van der Waals surface area contributed by atoms with Gasteiger partial charge in [-0.25, -0.2) is 0 Å². The first-order valence-electron chi connectivity index (χ1n) is 5.07. The fraction of sp³-hybridized carbons (Fsp3) is 1.00. The van der Waals surface area contributed by atoms with Crippen molar-refractivity contribution in [1.82, 2.24) is 4.90 Å². The highest BCUT2D eigenvalue weighted by molar-refractivity contribution is 4.97. The van der Waals surface area contributed by atoms with Gasteiger partial charge in [0.1, 0.15) is 12.2 Å². The van der Waals surface area contributed by atoms with Crippen molar-refractivity contribution in [3.8, 4) is 0 Å². The van der Waals surface area contributed by atoms with Crippen LogP contribution in [0.25, 0.3) is 0 Å². The van der Waals surface area contributed by atoms with Gasteiger partial charge in [-0.15, -0.1) is 0 Å². The number of hydrogen-bond donors (Lipinski definition) is 4. The van der Waals surface area contributed by atoms with E-state index in [0.29, 0.717) is 6.54 Å². The lowest BCUT2D eigenvalue weighted by atomic mass is 9.99. The summed E-state index contributed by atoms with van der Waals surface area (Å²) in [4.78, 5) is 1.94. The molecule has 2 saturated heterocycles. The Hall–Kier alpha value is -0.200. The van der Waals surface area contributed by atoms with Crippen molar-refractivity contribution < 1.29 is 20.4 Å². The normalized spacial score (nSPS) is 50.1. The standard InChI is InChI=1S/C9H17NO4/c11-6-4-10-3-1-2-5(10)7(12)9(14)8(6)13/h5-9,11-14H,1-4H2/t5-,6-,7-,8+,9+/m0/s1. The molecular formula is C9H17NO4. The van der Waals surface area contributed by atoms with Crippen LogP contribution in [-0.4, -0.2) is 68.9 Å². The molecule has 0 saturated carbocycles. The number of rotatable bonds is 0. The van der Waals surface area contributed by atoms with Crippen molar-refractivity contribution in [1.29, 1.82) is 0 Å². The summed E-state index contributed by atoms with van der Waals surface area (Å²) in [5, 5.41) is 38.3. The average molecular weight is 203 g/mol. The molecular weight excluding hydrogens is 186 g/mol. The third kappa shape index (κ3) is 1.55. The van der Waals surface area contributed by atoms with Crippen molar-refractivity contribution in [3.63, 3.8) is 0 Å². The Morgan fingerprint density at radius 2 is 1.64 bits per heavy atom. The van der Waals surface area contributed by atoms with Crippen LogP contribution in [0.5, 0.6) is 0 Å². The van der Waals surface area contributed by atoms with Gasteiger partial charge in [-0.3, -0.25) is 4.90 Å². The van der Waals surface area contributed by atoms with E-state index in [4.69, 9.17) is 0 Å². The molecule has 0 amide bonds. The van der Waals surface area contributed by atoms with Crippen LogP contribution in [0.15, 0.2) is 0 Å². The Morgan fingerprint density at radius 1 is 0.929 bits per heavy atom. The van der Waals surface area contributed by atoms with Crippen LogP contribution in [0.4, 0.5) is 0 Å². The number of aliphatic hydroxyl groups is 4. The zero-order valence-electron chi connectivity index (χ0n) is 7.95. The molecule has 0 aromatic heterocycles. The summed E-state index contributed by atoms with van der Waals surface area (Å²) in [6.45, 7) is 1.15. The Labute approximate surface area is 82.6 Å². The number of aliphatic hydroxyl groups excluding tert-OH is 4. The van der Waals surface area contributed by atoms with E-state index < -0.39 is 24.4 Å². The highest BCUT2D eigenvalue weighted by Crippen LogP contribution is 2.27. The van der Waals surface area contributed by atoms with Crippen molar-refractivity contribution in [2.45, 2.75) is 43.3 Å². The quantitative estimate of drug-likeness (QED) is 0.363. The molecule has 0 unspecified atom stereocenters. The number of fused-ring (bicyclic) bond motifs is 1. The molecule has 0 aromatic carbocycles. The molecule has 2 rings (SSSR count). The Morgan fingerprint density at radius 3 is 2.36 bits per heavy atom. The van der Waals surface area contributed by atoms with E-state index >= 15 is 0 Å². The average Bonchev–Trinajstić information content (AvgIpc) is 2.59. The van der Waals surface area contributed by atoms with Gasteiger partial charge in [0.25, 0.3) is 0 Å². The first-order valence-corrected chi connectivity index (χ1v) is 5.07. The van der Waals surface area contributed by atoms with E-state index in [2.05, 4.69) is 0 Å². The van der Waals surface area contributed by atoms with Crippen molar-refractivity contribution >= 4 is 0 Å². The van der Waals surface area contributed by atoms with Gasteiger partial charge in [0.2, 0.25) is 0 Å². The van der Waals surface area contributed by atoms with E-state index in [9.17, 15) is 20.4 Å². The maximum atomic E-state index is 9.75. The van der Waals surface area contributed by atoms with Crippen LogP contribution >= 0.6 is 0 Å². The first-order chi connectivity index (χ1) is 6.61. The monoisotopic (exact) mass is 203 g/mol. The van der Waals surface area contributed by atoms with Crippen LogP contribution in [0.1, 0.15) is 12.8 Å². The second-order valence-corrected chi connectivity index (χ2v) is 4.24. The first kappa shape index (κ1) is 10.3. The fourth-order valence-electron chi connectivity index (χ4n) is 2.47. The summed E-state index contributed by atoms with van der Waals surface area (Å²) in [5.74, 6) is 0. The summed E-state index contributed by atoms with van der Waals surface area (Å²) in [7, 11) is 0. The van der Waals surface area contributed by atoms with Gasteiger partial charge in [-0.05, 0) is 19.4 Å². The molecule has 2 heterocycles. The van der Waals surface area contributed by atoms with Gasteiger partial charge in [0, 0.05) is 12.6 Å². The van der Waals surface area contributed by atoms with Crippen LogP contribution in [-0.2, 0) is 0 Å². The molecule has 0 radical (unpaired) electrons. The smallest absolute Gasteiger partial charge is 0.110 e. The highest BCUT2D eigenvalue weighted by Gasteiger charge is 2.43. The Bertz CT molecular complexity index is 213. The van der Waals surface area contributed by atoms with Crippen LogP contribution < -0.4 is 0 Å². The van der Waals surface area contributed by atoms with Gasteiger partial charge in [-0.1, -0.05) is 0 Å². The summed E-state index contributed by atoms with van der Waals surface area (Å²) in [6, 6.07) is -0.114. The molecule has 4 N–H and O–H groups in total. The second-order valence-electron chi connectivity index (χ2n) is 4.24. The molecule has 2 fully saturated rings. The van der Waals surface area contributed by atoms with Crippen LogP contribution in [0.3, 0.4) is 0 Å².